The second kappa shape index (κ2) is 6.40. The van der Waals surface area contributed by atoms with Crippen molar-refractivity contribution in [1.82, 2.24) is 10.3 Å². The van der Waals surface area contributed by atoms with Gasteiger partial charge in [0.15, 0.2) is 0 Å². The lowest BCUT2D eigenvalue weighted by Gasteiger charge is -2.26. The number of rotatable bonds is 2. The van der Waals surface area contributed by atoms with Crippen LogP contribution >= 0.6 is 0 Å². The first-order valence-electron chi connectivity index (χ1n) is 7.26. The Bertz CT molecular complexity index is 740. The highest BCUT2D eigenvalue weighted by Gasteiger charge is 2.20. The first-order valence-corrected chi connectivity index (χ1v) is 7.26. The van der Waals surface area contributed by atoms with Crippen LogP contribution in [-0.4, -0.2) is 16.9 Å². The SMILES string of the molecule is O=C(NC1CCC1)c1ccc(C#Cc2ccccc2F)cn1. The van der Waals surface area contributed by atoms with E-state index in [0.29, 0.717) is 16.8 Å². The molecule has 1 aliphatic carbocycles. The van der Waals surface area contributed by atoms with Gasteiger partial charge < -0.3 is 5.32 Å². The molecule has 3 nitrogen and oxygen atoms in total. The standard InChI is InChI=1S/C18H15FN2O/c19-16-7-2-1-4-14(16)10-8-13-9-11-17(20-12-13)18(22)21-15-5-3-6-15/h1-2,4,7,9,11-12,15H,3,5-6H2,(H,21,22). The number of hydrogen-bond acceptors (Lipinski definition) is 2. The van der Waals surface area contributed by atoms with E-state index in [2.05, 4.69) is 22.1 Å². The lowest BCUT2D eigenvalue weighted by atomic mass is 9.93. The normalized spacial score (nSPS) is 13.7. The van der Waals surface area contributed by atoms with Crippen LogP contribution in [0.2, 0.25) is 0 Å². The van der Waals surface area contributed by atoms with Gasteiger partial charge in [-0.05, 0) is 43.5 Å². The lowest BCUT2D eigenvalue weighted by Crippen LogP contribution is -2.39. The largest absolute Gasteiger partial charge is 0.348 e. The summed E-state index contributed by atoms with van der Waals surface area (Å²) >= 11 is 0. The van der Waals surface area contributed by atoms with Crippen molar-refractivity contribution in [1.29, 1.82) is 0 Å². The van der Waals surface area contributed by atoms with Crippen LogP contribution in [0.4, 0.5) is 4.39 Å². The Labute approximate surface area is 128 Å². The van der Waals surface area contributed by atoms with E-state index in [-0.39, 0.29) is 17.8 Å². The maximum Gasteiger partial charge on any atom is 0.270 e. The number of pyridine rings is 1. The van der Waals surface area contributed by atoms with Gasteiger partial charge in [0.25, 0.3) is 5.91 Å². The van der Waals surface area contributed by atoms with Crippen LogP contribution in [-0.2, 0) is 0 Å². The molecular formula is C18H15FN2O. The Morgan fingerprint density at radius 2 is 2.00 bits per heavy atom. The van der Waals surface area contributed by atoms with Gasteiger partial charge >= 0.3 is 0 Å². The second-order valence-corrected chi connectivity index (χ2v) is 5.26. The number of nitrogens with one attached hydrogen (secondary N) is 1. The number of nitrogens with zero attached hydrogens (tertiary/aromatic N) is 1. The van der Waals surface area contributed by atoms with Gasteiger partial charge in [-0.15, -0.1) is 0 Å². The molecule has 0 spiro atoms. The third kappa shape index (κ3) is 3.32. The molecule has 1 amide bonds. The molecule has 1 aromatic carbocycles. The van der Waals surface area contributed by atoms with Crippen molar-refractivity contribution in [3.05, 3.63) is 65.2 Å². The molecule has 0 bridgehead atoms. The number of hydrogen-bond donors (Lipinski definition) is 1. The molecule has 1 N–H and O–H groups in total. The highest BCUT2D eigenvalue weighted by atomic mass is 19.1. The summed E-state index contributed by atoms with van der Waals surface area (Å²) in [7, 11) is 0. The molecular weight excluding hydrogens is 279 g/mol. The van der Waals surface area contributed by atoms with Crippen LogP contribution in [0.25, 0.3) is 0 Å². The number of carbonyl (C=O) groups is 1. The third-order valence-electron chi connectivity index (χ3n) is 3.65. The van der Waals surface area contributed by atoms with Gasteiger partial charge in [0.05, 0.1) is 5.56 Å². The van der Waals surface area contributed by atoms with E-state index in [1.807, 2.05) is 0 Å². The van der Waals surface area contributed by atoms with Crippen molar-refractivity contribution in [2.45, 2.75) is 25.3 Å². The van der Waals surface area contributed by atoms with Crippen LogP contribution < -0.4 is 5.32 Å². The molecule has 0 unspecified atom stereocenters. The summed E-state index contributed by atoms with van der Waals surface area (Å²) in [5.41, 5.74) is 1.36. The number of aromatic nitrogens is 1. The average Bonchev–Trinajstić information content (AvgIpc) is 2.50. The molecule has 0 atom stereocenters. The van der Waals surface area contributed by atoms with Gasteiger partial charge in [0.2, 0.25) is 0 Å². The van der Waals surface area contributed by atoms with E-state index in [0.717, 1.165) is 12.8 Å². The van der Waals surface area contributed by atoms with Gasteiger partial charge in [-0.25, -0.2) is 9.37 Å². The van der Waals surface area contributed by atoms with Crippen molar-refractivity contribution < 1.29 is 9.18 Å². The molecule has 1 fully saturated rings. The number of amides is 1. The van der Waals surface area contributed by atoms with Gasteiger partial charge in [0.1, 0.15) is 11.5 Å². The summed E-state index contributed by atoms with van der Waals surface area (Å²) in [5.74, 6) is 5.11. The minimum absolute atomic E-state index is 0.154. The monoisotopic (exact) mass is 294 g/mol. The van der Waals surface area contributed by atoms with E-state index < -0.39 is 0 Å². The van der Waals surface area contributed by atoms with E-state index in [9.17, 15) is 9.18 Å². The molecule has 110 valence electrons. The number of benzene rings is 1. The Kier molecular flexibility index (Phi) is 4.15. The highest BCUT2D eigenvalue weighted by Crippen LogP contribution is 2.18. The average molecular weight is 294 g/mol. The fraction of sp³-hybridized carbons (Fsp3) is 0.222. The molecule has 1 heterocycles. The number of carbonyl (C=O) groups excluding carboxylic acids is 1. The summed E-state index contributed by atoms with van der Waals surface area (Å²) in [6.07, 6.45) is 4.78. The molecule has 0 radical (unpaired) electrons. The zero-order chi connectivity index (χ0) is 15.4. The van der Waals surface area contributed by atoms with Crippen molar-refractivity contribution in [3.63, 3.8) is 0 Å². The Morgan fingerprint density at radius 1 is 1.18 bits per heavy atom. The van der Waals surface area contributed by atoms with Crippen molar-refractivity contribution in [2.24, 2.45) is 0 Å². The molecule has 3 rings (SSSR count). The quantitative estimate of drug-likeness (QED) is 0.865. The minimum atomic E-state index is -0.348. The van der Waals surface area contributed by atoms with Crippen LogP contribution in [0.5, 0.6) is 0 Å². The summed E-state index contributed by atoms with van der Waals surface area (Å²) < 4.78 is 13.5. The summed E-state index contributed by atoms with van der Waals surface area (Å²) in [4.78, 5) is 16.0. The molecule has 1 aromatic heterocycles. The molecule has 4 heteroatoms. The Morgan fingerprint density at radius 3 is 2.64 bits per heavy atom. The fourth-order valence-electron chi connectivity index (χ4n) is 2.12. The van der Waals surface area contributed by atoms with Crippen molar-refractivity contribution in [2.75, 3.05) is 0 Å². The van der Waals surface area contributed by atoms with Gasteiger partial charge in [-0.1, -0.05) is 24.0 Å². The van der Waals surface area contributed by atoms with Gasteiger partial charge in [-0.3, -0.25) is 4.79 Å². The van der Waals surface area contributed by atoms with Gasteiger partial charge in [0, 0.05) is 17.8 Å². The Balaban J connectivity index is 1.69. The zero-order valence-corrected chi connectivity index (χ0v) is 12.0. The maximum absolute atomic E-state index is 13.5. The van der Waals surface area contributed by atoms with Crippen molar-refractivity contribution in [3.8, 4) is 11.8 Å². The van der Waals surface area contributed by atoms with Crippen LogP contribution in [0.3, 0.4) is 0 Å². The topological polar surface area (TPSA) is 42.0 Å². The molecule has 1 aliphatic rings. The smallest absolute Gasteiger partial charge is 0.270 e. The maximum atomic E-state index is 13.5. The number of halogens is 1. The first-order chi connectivity index (χ1) is 10.7. The molecule has 1 saturated carbocycles. The lowest BCUT2D eigenvalue weighted by molar-refractivity contribution is 0.0912. The predicted molar refractivity (Wildman–Crippen MR) is 81.7 cm³/mol. The van der Waals surface area contributed by atoms with E-state index in [1.165, 1.54) is 18.7 Å². The van der Waals surface area contributed by atoms with E-state index in [4.69, 9.17) is 0 Å². The summed E-state index contributed by atoms with van der Waals surface area (Å²) in [6.45, 7) is 0. The minimum Gasteiger partial charge on any atom is -0.348 e. The Hall–Kier alpha value is -2.67. The second-order valence-electron chi connectivity index (χ2n) is 5.26. The van der Waals surface area contributed by atoms with Crippen LogP contribution in [0.1, 0.15) is 40.9 Å². The van der Waals surface area contributed by atoms with Gasteiger partial charge in [-0.2, -0.15) is 0 Å². The molecule has 22 heavy (non-hydrogen) atoms. The fourth-order valence-corrected chi connectivity index (χ4v) is 2.12. The third-order valence-corrected chi connectivity index (χ3v) is 3.65. The van der Waals surface area contributed by atoms with Crippen LogP contribution in [0.15, 0.2) is 42.6 Å². The molecule has 2 aromatic rings. The summed E-state index contributed by atoms with van der Waals surface area (Å²) in [6, 6.07) is 9.99. The van der Waals surface area contributed by atoms with Crippen molar-refractivity contribution >= 4 is 5.91 Å². The zero-order valence-electron chi connectivity index (χ0n) is 12.0. The predicted octanol–water partition coefficient (Wildman–Crippen LogP) is 2.90. The van der Waals surface area contributed by atoms with Crippen LogP contribution in [0, 0.1) is 17.7 Å². The van der Waals surface area contributed by atoms with E-state index >= 15 is 0 Å². The first kappa shape index (κ1) is 14.3. The summed E-state index contributed by atoms with van der Waals surface area (Å²) in [5, 5.41) is 2.93. The highest BCUT2D eigenvalue weighted by molar-refractivity contribution is 5.92. The van der Waals surface area contributed by atoms with E-state index in [1.54, 1.807) is 30.3 Å². The molecule has 0 saturated heterocycles. The molecule has 0 aliphatic heterocycles.